The smallest absolute Gasteiger partial charge is 0.0544 e. The molecule has 0 saturated carbocycles. The molecule has 2 aromatic rings. The van der Waals surface area contributed by atoms with Crippen molar-refractivity contribution in [1.82, 2.24) is 14.8 Å². The van der Waals surface area contributed by atoms with Gasteiger partial charge in [0.05, 0.1) is 5.69 Å². The Morgan fingerprint density at radius 2 is 1.61 bits per heavy atom. The van der Waals surface area contributed by atoms with Crippen LogP contribution in [0.1, 0.15) is 17.7 Å². The fraction of sp³-hybridized carbons (Fsp3) is 0.389. The number of piperazine rings is 1. The van der Waals surface area contributed by atoms with Gasteiger partial charge in [-0.05, 0) is 30.7 Å². The fourth-order valence-corrected chi connectivity index (χ4v) is 4.32. The maximum atomic E-state index is 6.32. The lowest BCUT2D eigenvalue weighted by atomic mass is 10.2. The Balaban J connectivity index is 1.41. The Morgan fingerprint density at radius 1 is 0.913 bits per heavy atom. The van der Waals surface area contributed by atoms with E-state index in [1.54, 1.807) is 0 Å². The van der Waals surface area contributed by atoms with Crippen LogP contribution in [0.5, 0.6) is 0 Å². The molecule has 2 aliphatic rings. The highest BCUT2D eigenvalue weighted by Gasteiger charge is 2.43. The summed E-state index contributed by atoms with van der Waals surface area (Å²) in [5.41, 5.74) is 2.21. The van der Waals surface area contributed by atoms with E-state index < -0.39 is 0 Å². The summed E-state index contributed by atoms with van der Waals surface area (Å²) >= 11 is 12.6. The van der Waals surface area contributed by atoms with Gasteiger partial charge in [0.2, 0.25) is 0 Å². The van der Waals surface area contributed by atoms with Gasteiger partial charge in [0, 0.05) is 60.1 Å². The Morgan fingerprint density at radius 3 is 2.22 bits per heavy atom. The van der Waals surface area contributed by atoms with E-state index >= 15 is 0 Å². The molecule has 3 nitrogen and oxygen atoms in total. The minimum Gasteiger partial charge on any atom is -0.293 e. The van der Waals surface area contributed by atoms with Crippen molar-refractivity contribution in [3.8, 4) is 0 Å². The summed E-state index contributed by atoms with van der Waals surface area (Å²) in [6.45, 7) is 3.97. The van der Waals surface area contributed by atoms with Crippen LogP contribution in [0.3, 0.4) is 0 Å². The molecule has 0 aliphatic carbocycles. The molecule has 2 fully saturated rings. The lowest BCUT2D eigenvalue weighted by Gasteiger charge is -2.34. The van der Waals surface area contributed by atoms with Crippen LogP contribution in [0.4, 0.5) is 0 Å². The van der Waals surface area contributed by atoms with Gasteiger partial charge in [-0.2, -0.15) is 0 Å². The van der Waals surface area contributed by atoms with Crippen LogP contribution in [0.15, 0.2) is 42.6 Å². The number of hydrogen-bond acceptors (Lipinski definition) is 3. The minimum atomic E-state index is 0.594. The summed E-state index contributed by atoms with van der Waals surface area (Å²) < 4.78 is 0. The van der Waals surface area contributed by atoms with E-state index in [0.29, 0.717) is 12.1 Å². The van der Waals surface area contributed by atoms with Crippen molar-refractivity contribution in [2.24, 2.45) is 0 Å². The Labute approximate surface area is 146 Å². The minimum absolute atomic E-state index is 0.594. The third-order valence-electron chi connectivity index (χ3n) is 4.98. The molecule has 4 rings (SSSR count). The van der Waals surface area contributed by atoms with Crippen LogP contribution in [-0.2, 0) is 13.1 Å². The van der Waals surface area contributed by atoms with E-state index in [0.717, 1.165) is 47.5 Å². The molecule has 23 heavy (non-hydrogen) atoms. The van der Waals surface area contributed by atoms with Crippen molar-refractivity contribution < 1.29 is 0 Å². The molecule has 2 saturated heterocycles. The van der Waals surface area contributed by atoms with E-state index in [4.69, 9.17) is 23.2 Å². The third-order valence-corrected chi connectivity index (χ3v) is 5.69. The molecule has 2 aliphatic heterocycles. The zero-order chi connectivity index (χ0) is 15.8. The molecule has 1 aromatic carbocycles. The van der Waals surface area contributed by atoms with Crippen molar-refractivity contribution in [2.75, 3.05) is 13.1 Å². The largest absolute Gasteiger partial charge is 0.293 e. The van der Waals surface area contributed by atoms with Gasteiger partial charge in [0.25, 0.3) is 0 Å². The molecule has 0 radical (unpaired) electrons. The summed E-state index contributed by atoms with van der Waals surface area (Å²) in [6.07, 6.45) is 3.10. The van der Waals surface area contributed by atoms with Gasteiger partial charge < -0.3 is 0 Å². The molecule has 0 amide bonds. The highest BCUT2D eigenvalue weighted by molar-refractivity contribution is 6.35. The normalized spacial score (nSPS) is 24.4. The number of benzene rings is 1. The van der Waals surface area contributed by atoms with E-state index in [1.165, 1.54) is 6.42 Å². The van der Waals surface area contributed by atoms with E-state index in [-0.39, 0.29) is 0 Å². The fourth-order valence-electron chi connectivity index (χ4n) is 3.81. The Bertz CT molecular complexity index is 672. The third kappa shape index (κ3) is 3.11. The molecule has 120 valence electrons. The first-order valence-electron chi connectivity index (χ1n) is 8.01. The van der Waals surface area contributed by atoms with Crippen LogP contribution in [-0.4, -0.2) is 40.0 Å². The van der Waals surface area contributed by atoms with Crippen LogP contribution < -0.4 is 0 Å². The van der Waals surface area contributed by atoms with E-state index in [1.807, 2.05) is 30.5 Å². The van der Waals surface area contributed by atoms with Crippen molar-refractivity contribution in [3.63, 3.8) is 0 Å². The molecule has 3 heterocycles. The van der Waals surface area contributed by atoms with Crippen molar-refractivity contribution in [1.29, 1.82) is 0 Å². The van der Waals surface area contributed by atoms with Gasteiger partial charge in [-0.25, -0.2) is 0 Å². The van der Waals surface area contributed by atoms with Gasteiger partial charge in [-0.3, -0.25) is 14.8 Å². The second kappa shape index (κ2) is 6.40. The summed E-state index contributed by atoms with van der Waals surface area (Å²) in [6, 6.07) is 13.1. The van der Waals surface area contributed by atoms with Crippen molar-refractivity contribution in [2.45, 2.75) is 31.6 Å². The summed E-state index contributed by atoms with van der Waals surface area (Å²) in [4.78, 5) is 9.52. The van der Waals surface area contributed by atoms with Gasteiger partial charge in [0.1, 0.15) is 0 Å². The number of hydrogen-bond donors (Lipinski definition) is 0. The number of fused-ring (bicyclic) bond motifs is 2. The quantitative estimate of drug-likeness (QED) is 0.837. The van der Waals surface area contributed by atoms with Crippen LogP contribution in [0.25, 0.3) is 0 Å². The number of pyridine rings is 1. The second-order valence-electron chi connectivity index (χ2n) is 6.42. The summed E-state index contributed by atoms with van der Waals surface area (Å²) in [5, 5.41) is 1.54. The Hall–Kier alpha value is -1.13. The lowest BCUT2D eigenvalue weighted by Crippen LogP contribution is -2.45. The van der Waals surface area contributed by atoms with Crippen LogP contribution in [0.2, 0.25) is 10.0 Å². The average molecular weight is 348 g/mol. The molecule has 5 heteroatoms. The van der Waals surface area contributed by atoms with Gasteiger partial charge >= 0.3 is 0 Å². The summed E-state index contributed by atoms with van der Waals surface area (Å²) in [7, 11) is 0. The first-order valence-corrected chi connectivity index (χ1v) is 8.77. The number of likely N-dealkylation sites (tertiary alicyclic amines) is 2. The number of halogens is 2. The zero-order valence-electron chi connectivity index (χ0n) is 12.8. The van der Waals surface area contributed by atoms with Gasteiger partial charge in [0.15, 0.2) is 0 Å². The molecule has 0 N–H and O–H groups in total. The number of rotatable bonds is 4. The maximum Gasteiger partial charge on any atom is 0.0544 e. The molecular weight excluding hydrogens is 329 g/mol. The molecule has 1 aromatic heterocycles. The highest BCUT2D eigenvalue weighted by Crippen LogP contribution is 2.35. The predicted octanol–water partition coefficient (Wildman–Crippen LogP) is 3.85. The Kier molecular flexibility index (Phi) is 4.29. The molecule has 2 unspecified atom stereocenters. The first-order chi connectivity index (χ1) is 11.2. The second-order valence-corrected chi connectivity index (χ2v) is 7.24. The van der Waals surface area contributed by atoms with Gasteiger partial charge in [-0.15, -0.1) is 0 Å². The van der Waals surface area contributed by atoms with Gasteiger partial charge in [-0.1, -0.05) is 35.3 Å². The van der Waals surface area contributed by atoms with Crippen LogP contribution in [0, 0.1) is 0 Å². The van der Waals surface area contributed by atoms with Crippen molar-refractivity contribution in [3.05, 3.63) is 63.9 Å². The topological polar surface area (TPSA) is 19.4 Å². The number of nitrogens with zero attached hydrogens (tertiary/aromatic N) is 3. The zero-order valence-corrected chi connectivity index (χ0v) is 14.3. The summed E-state index contributed by atoms with van der Waals surface area (Å²) in [5.74, 6) is 0. The maximum absolute atomic E-state index is 6.32. The SMILES string of the molecule is Clc1cccc(Cl)c1CN1CC2CC1CN2Cc1ccccn1. The van der Waals surface area contributed by atoms with Crippen LogP contribution >= 0.6 is 23.2 Å². The molecule has 2 bridgehead atoms. The van der Waals surface area contributed by atoms with E-state index in [2.05, 4.69) is 26.9 Å². The monoisotopic (exact) mass is 347 g/mol. The average Bonchev–Trinajstić information content (AvgIpc) is 3.12. The van der Waals surface area contributed by atoms with E-state index in [9.17, 15) is 0 Å². The number of aromatic nitrogens is 1. The lowest BCUT2D eigenvalue weighted by molar-refractivity contribution is 0.117. The predicted molar refractivity (Wildman–Crippen MR) is 93.7 cm³/mol. The first kappa shape index (κ1) is 15.4. The molecule has 2 atom stereocenters. The van der Waals surface area contributed by atoms with Crippen molar-refractivity contribution >= 4 is 23.2 Å². The standard InChI is InChI=1S/C18H19Cl2N3/c19-17-5-3-6-18(20)16(17)12-23-11-14-8-15(23)10-22(14)9-13-4-1-2-7-21-13/h1-7,14-15H,8-12H2. The highest BCUT2D eigenvalue weighted by atomic mass is 35.5. The molecular formula is C18H19Cl2N3. The molecule has 0 spiro atoms.